The van der Waals surface area contributed by atoms with Crippen molar-refractivity contribution in [3.05, 3.63) is 69.8 Å². The van der Waals surface area contributed by atoms with Crippen molar-refractivity contribution < 1.29 is 19.6 Å². The zero-order chi connectivity index (χ0) is 16.6. The largest absolute Gasteiger partial charge is 0.375 e. The third-order valence-electron chi connectivity index (χ3n) is 3.79. The molecule has 116 valence electrons. The number of rotatable bonds is 4. The van der Waals surface area contributed by atoms with Crippen molar-refractivity contribution in [2.24, 2.45) is 0 Å². The highest BCUT2D eigenvalue weighted by Crippen LogP contribution is 2.44. The molecule has 23 heavy (non-hydrogen) atoms. The number of aliphatic hydroxyl groups is 1. The molecule has 1 heterocycles. The number of anilines is 1. The van der Waals surface area contributed by atoms with Gasteiger partial charge in [-0.15, -0.1) is 0 Å². The summed E-state index contributed by atoms with van der Waals surface area (Å²) in [6.45, 7) is 0. The fraction of sp³-hybridized carbons (Fsp3) is 0.125. The number of nitro benzene ring substituents is 1. The van der Waals surface area contributed by atoms with Gasteiger partial charge < -0.3 is 10.4 Å². The summed E-state index contributed by atoms with van der Waals surface area (Å²) in [4.78, 5) is 35.0. The average Bonchev–Trinajstić information content (AvgIpc) is 2.79. The van der Waals surface area contributed by atoms with Crippen LogP contribution in [0.3, 0.4) is 0 Å². The number of carbonyl (C=O) groups is 2. The number of Topliss-reactive ketones (excluding diaryl/α,β-unsaturated/α-hetero) is 1. The fourth-order valence-electron chi connectivity index (χ4n) is 2.70. The van der Waals surface area contributed by atoms with Crippen LogP contribution in [0.2, 0.25) is 0 Å². The van der Waals surface area contributed by atoms with Gasteiger partial charge in [-0.2, -0.15) is 0 Å². The number of amides is 1. The number of nitrogens with one attached hydrogen (secondary N) is 1. The minimum absolute atomic E-state index is 0.146. The van der Waals surface area contributed by atoms with Gasteiger partial charge in [0, 0.05) is 11.6 Å². The van der Waals surface area contributed by atoms with Gasteiger partial charge in [0.25, 0.3) is 11.6 Å². The molecular formula is C16H12N2O5. The van der Waals surface area contributed by atoms with Crippen LogP contribution in [-0.2, 0) is 10.4 Å². The van der Waals surface area contributed by atoms with Gasteiger partial charge in [-0.3, -0.25) is 19.7 Å². The van der Waals surface area contributed by atoms with E-state index in [-0.39, 0.29) is 11.3 Å². The molecule has 0 fully saturated rings. The Morgan fingerprint density at radius 2 is 1.87 bits per heavy atom. The molecule has 1 unspecified atom stereocenters. The Morgan fingerprint density at radius 3 is 2.52 bits per heavy atom. The molecule has 0 aliphatic carbocycles. The molecule has 0 radical (unpaired) electrons. The molecule has 7 nitrogen and oxygen atoms in total. The third kappa shape index (κ3) is 2.36. The summed E-state index contributed by atoms with van der Waals surface area (Å²) in [5.41, 5.74) is -2.36. The van der Waals surface area contributed by atoms with E-state index < -0.39 is 34.3 Å². The third-order valence-corrected chi connectivity index (χ3v) is 3.79. The molecule has 2 N–H and O–H groups in total. The lowest BCUT2D eigenvalue weighted by Gasteiger charge is -2.19. The van der Waals surface area contributed by atoms with Gasteiger partial charge >= 0.3 is 0 Å². The second kappa shape index (κ2) is 5.29. The van der Waals surface area contributed by atoms with Crippen molar-refractivity contribution in [3.8, 4) is 0 Å². The monoisotopic (exact) mass is 312 g/mol. The maximum Gasteiger partial charge on any atom is 0.278 e. The second-order valence-corrected chi connectivity index (χ2v) is 5.24. The highest BCUT2D eigenvalue weighted by Gasteiger charge is 2.51. The molecule has 3 rings (SSSR count). The van der Waals surface area contributed by atoms with Crippen LogP contribution in [0.25, 0.3) is 0 Å². The topological polar surface area (TPSA) is 110 Å². The number of carbonyl (C=O) groups excluding carboxylic acids is 2. The van der Waals surface area contributed by atoms with Crippen molar-refractivity contribution >= 4 is 23.1 Å². The van der Waals surface area contributed by atoms with Gasteiger partial charge in [-0.1, -0.05) is 36.4 Å². The van der Waals surface area contributed by atoms with E-state index in [0.29, 0.717) is 5.56 Å². The lowest BCUT2D eigenvalue weighted by Crippen LogP contribution is -2.37. The van der Waals surface area contributed by atoms with Crippen LogP contribution in [0.5, 0.6) is 0 Å². The first kappa shape index (κ1) is 14.9. The number of ketones is 1. The summed E-state index contributed by atoms with van der Waals surface area (Å²) in [6, 6.07) is 12.2. The van der Waals surface area contributed by atoms with Crippen molar-refractivity contribution in [2.45, 2.75) is 12.0 Å². The number of nitro groups is 1. The van der Waals surface area contributed by atoms with Crippen molar-refractivity contribution in [3.63, 3.8) is 0 Å². The maximum atomic E-state index is 12.3. The minimum atomic E-state index is -2.26. The maximum absolute atomic E-state index is 12.3. The van der Waals surface area contributed by atoms with E-state index >= 15 is 0 Å². The van der Waals surface area contributed by atoms with Gasteiger partial charge in [0.05, 0.1) is 22.6 Å². The van der Waals surface area contributed by atoms with Crippen LogP contribution in [0.15, 0.2) is 48.5 Å². The summed E-state index contributed by atoms with van der Waals surface area (Å²) < 4.78 is 0. The van der Waals surface area contributed by atoms with E-state index in [4.69, 9.17) is 0 Å². The molecule has 0 saturated heterocycles. The molecule has 0 saturated carbocycles. The molecule has 2 aromatic rings. The van der Waals surface area contributed by atoms with Crippen molar-refractivity contribution in [2.75, 3.05) is 5.32 Å². The smallest absolute Gasteiger partial charge is 0.278 e. The van der Waals surface area contributed by atoms with Crippen LogP contribution in [0.4, 0.5) is 11.4 Å². The first-order chi connectivity index (χ1) is 10.9. The molecule has 7 heteroatoms. The molecule has 1 aliphatic rings. The standard InChI is InChI=1S/C16H12N2O5/c19-13(10-5-2-1-3-6-10)9-16(21)14-11(17-15(16)20)7-4-8-12(14)18(22)23/h1-8,21H,9H2,(H,17,20). The minimum Gasteiger partial charge on any atom is -0.375 e. The van der Waals surface area contributed by atoms with Gasteiger partial charge in [0.1, 0.15) is 0 Å². The van der Waals surface area contributed by atoms with E-state index in [9.17, 15) is 24.8 Å². The lowest BCUT2D eigenvalue weighted by atomic mass is 9.87. The first-order valence-electron chi connectivity index (χ1n) is 6.83. The zero-order valence-corrected chi connectivity index (χ0v) is 11.9. The molecule has 0 spiro atoms. The SMILES string of the molecule is O=C(CC1(O)C(=O)Nc2cccc([N+](=O)[O-])c21)c1ccccc1. The van der Waals surface area contributed by atoms with Crippen LogP contribution < -0.4 is 5.32 Å². The van der Waals surface area contributed by atoms with Crippen LogP contribution in [0, 0.1) is 10.1 Å². The lowest BCUT2D eigenvalue weighted by molar-refractivity contribution is -0.386. The Hall–Kier alpha value is -3.06. The summed E-state index contributed by atoms with van der Waals surface area (Å²) in [5.74, 6) is -1.32. The Labute approximate surface area is 130 Å². The summed E-state index contributed by atoms with van der Waals surface area (Å²) >= 11 is 0. The first-order valence-corrected chi connectivity index (χ1v) is 6.83. The predicted octanol–water partition coefficient (Wildman–Crippen LogP) is 2.01. The van der Waals surface area contributed by atoms with E-state index in [2.05, 4.69) is 5.32 Å². The Kier molecular flexibility index (Phi) is 3.42. The Balaban J connectivity index is 2.05. The summed E-state index contributed by atoms with van der Waals surface area (Å²) in [5, 5.41) is 24.3. The van der Waals surface area contributed by atoms with Crippen LogP contribution in [0.1, 0.15) is 22.3 Å². The van der Waals surface area contributed by atoms with Crippen molar-refractivity contribution in [1.29, 1.82) is 0 Å². The van der Waals surface area contributed by atoms with Gasteiger partial charge in [0.15, 0.2) is 11.4 Å². The molecular weight excluding hydrogens is 300 g/mol. The number of fused-ring (bicyclic) bond motifs is 1. The Bertz CT molecular complexity index is 818. The normalized spacial score (nSPS) is 19.1. The quantitative estimate of drug-likeness (QED) is 0.510. The molecule has 1 aliphatic heterocycles. The molecule has 0 aromatic heterocycles. The van der Waals surface area contributed by atoms with E-state index in [1.807, 2.05) is 0 Å². The number of hydrogen-bond acceptors (Lipinski definition) is 5. The number of hydrogen-bond donors (Lipinski definition) is 2. The van der Waals surface area contributed by atoms with Crippen LogP contribution >= 0.6 is 0 Å². The molecule has 1 amide bonds. The van der Waals surface area contributed by atoms with E-state index in [1.54, 1.807) is 30.3 Å². The van der Waals surface area contributed by atoms with Gasteiger partial charge in [-0.25, -0.2) is 0 Å². The molecule has 2 aromatic carbocycles. The van der Waals surface area contributed by atoms with Gasteiger partial charge in [-0.05, 0) is 6.07 Å². The zero-order valence-electron chi connectivity index (χ0n) is 11.9. The second-order valence-electron chi connectivity index (χ2n) is 5.24. The van der Waals surface area contributed by atoms with Gasteiger partial charge in [0.2, 0.25) is 0 Å². The fourth-order valence-corrected chi connectivity index (χ4v) is 2.70. The highest BCUT2D eigenvalue weighted by atomic mass is 16.6. The highest BCUT2D eigenvalue weighted by molar-refractivity contribution is 6.10. The van der Waals surface area contributed by atoms with Crippen LogP contribution in [-0.4, -0.2) is 21.7 Å². The number of nitrogens with zero attached hydrogens (tertiary/aromatic N) is 1. The van der Waals surface area contributed by atoms with Crippen molar-refractivity contribution in [1.82, 2.24) is 0 Å². The number of benzene rings is 2. The Morgan fingerprint density at radius 1 is 1.17 bits per heavy atom. The average molecular weight is 312 g/mol. The predicted molar refractivity (Wildman–Crippen MR) is 81.0 cm³/mol. The summed E-state index contributed by atoms with van der Waals surface area (Å²) in [7, 11) is 0. The molecule has 0 bridgehead atoms. The van der Waals surface area contributed by atoms with E-state index in [1.165, 1.54) is 18.2 Å². The molecule has 1 atom stereocenters. The summed E-state index contributed by atoms with van der Waals surface area (Å²) in [6.07, 6.45) is -0.569. The van der Waals surface area contributed by atoms with E-state index in [0.717, 1.165) is 0 Å².